The number of hydrogen-bond donors (Lipinski definition) is 1. The first kappa shape index (κ1) is 13.5. The SMILES string of the molecule is CC1CC(N[C@H](C)c2ccccc2F)CC(C)O1. The molecule has 1 aromatic carbocycles. The lowest BCUT2D eigenvalue weighted by Crippen LogP contribution is -2.42. The molecule has 1 N–H and O–H groups in total. The van der Waals surface area contributed by atoms with Gasteiger partial charge in [-0.05, 0) is 39.7 Å². The van der Waals surface area contributed by atoms with Gasteiger partial charge in [-0.25, -0.2) is 4.39 Å². The van der Waals surface area contributed by atoms with Gasteiger partial charge in [0.05, 0.1) is 12.2 Å². The van der Waals surface area contributed by atoms with Gasteiger partial charge in [-0.2, -0.15) is 0 Å². The maximum Gasteiger partial charge on any atom is 0.127 e. The van der Waals surface area contributed by atoms with Crippen LogP contribution in [0.15, 0.2) is 24.3 Å². The molecule has 3 heteroatoms. The quantitative estimate of drug-likeness (QED) is 0.888. The van der Waals surface area contributed by atoms with Crippen LogP contribution in [0.3, 0.4) is 0 Å². The second-order valence-corrected chi connectivity index (χ2v) is 5.34. The van der Waals surface area contributed by atoms with Crippen molar-refractivity contribution in [2.45, 2.75) is 57.9 Å². The standard InChI is InChI=1S/C15H22FNO/c1-10-8-13(9-11(2)18-10)17-12(3)14-6-4-5-7-15(14)16/h4-7,10-13,17H,8-9H2,1-3H3/t10?,11?,12-,13?/m1/s1. The molecule has 1 saturated heterocycles. The van der Waals surface area contributed by atoms with Crippen LogP contribution in [0.2, 0.25) is 0 Å². The van der Waals surface area contributed by atoms with Gasteiger partial charge in [-0.3, -0.25) is 0 Å². The van der Waals surface area contributed by atoms with Gasteiger partial charge < -0.3 is 10.1 Å². The molecule has 0 aliphatic carbocycles. The summed E-state index contributed by atoms with van der Waals surface area (Å²) in [6.45, 7) is 6.21. The fraction of sp³-hybridized carbons (Fsp3) is 0.600. The van der Waals surface area contributed by atoms with E-state index in [2.05, 4.69) is 19.2 Å². The van der Waals surface area contributed by atoms with E-state index < -0.39 is 0 Å². The summed E-state index contributed by atoms with van der Waals surface area (Å²) in [5, 5.41) is 3.52. The van der Waals surface area contributed by atoms with Crippen LogP contribution in [-0.2, 0) is 4.74 Å². The van der Waals surface area contributed by atoms with Crippen molar-refractivity contribution >= 4 is 0 Å². The molecule has 2 unspecified atom stereocenters. The first-order valence-corrected chi connectivity index (χ1v) is 6.72. The minimum Gasteiger partial charge on any atom is -0.375 e. The van der Waals surface area contributed by atoms with Crippen molar-refractivity contribution in [3.05, 3.63) is 35.6 Å². The zero-order valence-electron chi connectivity index (χ0n) is 11.3. The first-order valence-electron chi connectivity index (χ1n) is 6.72. The van der Waals surface area contributed by atoms with E-state index in [9.17, 15) is 4.39 Å². The van der Waals surface area contributed by atoms with E-state index in [1.165, 1.54) is 6.07 Å². The molecule has 1 aliphatic heterocycles. The summed E-state index contributed by atoms with van der Waals surface area (Å²) in [4.78, 5) is 0. The Morgan fingerprint density at radius 1 is 1.22 bits per heavy atom. The van der Waals surface area contributed by atoms with E-state index in [1.54, 1.807) is 6.07 Å². The Kier molecular flexibility index (Phi) is 4.36. The molecule has 1 aromatic rings. The largest absolute Gasteiger partial charge is 0.375 e. The second kappa shape index (κ2) is 5.81. The molecule has 1 heterocycles. The molecule has 0 amide bonds. The van der Waals surface area contributed by atoms with Crippen LogP contribution in [0, 0.1) is 5.82 Å². The fourth-order valence-electron chi connectivity index (χ4n) is 2.81. The van der Waals surface area contributed by atoms with Crippen molar-refractivity contribution in [1.82, 2.24) is 5.32 Å². The highest BCUT2D eigenvalue weighted by molar-refractivity contribution is 5.20. The monoisotopic (exact) mass is 251 g/mol. The van der Waals surface area contributed by atoms with Gasteiger partial charge in [0.1, 0.15) is 5.82 Å². The number of ether oxygens (including phenoxy) is 1. The maximum atomic E-state index is 13.7. The highest BCUT2D eigenvalue weighted by Gasteiger charge is 2.25. The van der Waals surface area contributed by atoms with E-state index in [0.717, 1.165) is 18.4 Å². The van der Waals surface area contributed by atoms with E-state index in [4.69, 9.17) is 4.74 Å². The van der Waals surface area contributed by atoms with Gasteiger partial charge in [0.15, 0.2) is 0 Å². The Labute approximate surface area is 109 Å². The summed E-state index contributed by atoms with van der Waals surface area (Å²) in [7, 11) is 0. The molecule has 3 atom stereocenters. The van der Waals surface area contributed by atoms with E-state index >= 15 is 0 Å². The average Bonchev–Trinajstić information content (AvgIpc) is 2.27. The Morgan fingerprint density at radius 2 is 1.83 bits per heavy atom. The van der Waals surface area contributed by atoms with Crippen LogP contribution in [0.4, 0.5) is 4.39 Å². The van der Waals surface area contributed by atoms with Crippen molar-refractivity contribution in [1.29, 1.82) is 0 Å². The van der Waals surface area contributed by atoms with Crippen LogP contribution >= 0.6 is 0 Å². The maximum absolute atomic E-state index is 13.7. The van der Waals surface area contributed by atoms with Crippen molar-refractivity contribution in [3.63, 3.8) is 0 Å². The van der Waals surface area contributed by atoms with Crippen molar-refractivity contribution < 1.29 is 9.13 Å². The summed E-state index contributed by atoms with van der Waals surface area (Å²) in [5.41, 5.74) is 0.740. The van der Waals surface area contributed by atoms with Gasteiger partial charge in [0.2, 0.25) is 0 Å². The minimum absolute atomic E-state index is 0.0358. The van der Waals surface area contributed by atoms with Gasteiger partial charge >= 0.3 is 0 Å². The molecule has 2 nitrogen and oxygen atoms in total. The molecule has 1 aliphatic rings. The molecule has 0 saturated carbocycles. The van der Waals surface area contributed by atoms with E-state index in [-0.39, 0.29) is 24.1 Å². The summed E-state index contributed by atoms with van der Waals surface area (Å²) in [5.74, 6) is -0.134. The topological polar surface area (TPSA) is 21.3 Å². The number of hydrogen-bond acceptors (Lipinski definition) is 2. The zero-order valence-corrected chi connectivity index (χ0v) is 11.3. The Balaban J connectivity index is 1.99. The fourth-order valence-corrected chi connectivity index (χ4v) is 2.81. The van der Waals surface area contributed by atoms with Gasteiger partial charge in [-0.1, -0.05) is 18.2 Å². The molecule has 0 bridgehead atoms. The predicted molar refractivity (Wildman–Crippen MR) is 71.0 cm³/mol. The third-order valence-corrected chi connectivity index (χ3v) is 3.55. The van der Waals surface area contributed by atoms with Crippen LogP contribution in [0.5, 0.6) is 0 Å². The van der Waals surface area contributed by atoms with Gasteiger partial charge in [0, 0.05) is 17.6 Å². The number of halogens is 1. The lowest BCUT2D eigenvalue weighted by molar-refractivity contribution is -0.0434. The first-order chi connectivity index (χ1) is 8.56. The smallest absolute Gasteiger partial charge is 0.127 e. The summed E-state index contributed by atoms with van der Waals surface area (Å²) >= 11 is 0. The van der Waals surface area contributed by atoms with Crippen LogP contribution in [-0.4, -0.2) is 18.2 Å². The van der Waals surface area contributed by atoms with E-state index in [1.807, 2.05) is 19.1 Å². The third kappa shape index (κ3) is 3.30. The Hall–Kier alpha value is -0.930. The van der Waals surface area contributed by atoms with Crippen LogP contribution < -0.4 is 5.32 Å². The molecule has 0 radical (unpaired) electrons. The second-order valence-electron chi connectivity index (χ2n) is 5.34. The Bertz CT molecular complexity index is 386. The normalized spacial score (nSPS) is 30.1. The minimum atomic E-state index is -0.134. The summed E-state index contributed by atoms with van der Waals surface area (Å²) < 4.78 is 19.4. The average molecular weight is 251 g/mol. The van der Waals surface area contributed by atoms with Crippen molar-refractivity contribution in [3.8, 4) is 0 Å². The number of benzene rings is 1. The lowest BCUT2D eigenvalue weighted by Gasteiger charge is -2.34. The molecular formula is C15H22FNO. The molecule has 18 heavy (non-hydrogen) atoms. The van der Waals surface area contributed by atoms with Crippen LogP contribution in [0.25, 0.3) is 0 Å². The van der Waals surface area contributed by atoms with Crippen molar-refractivity contribution in [2.24, 2.45) is 0 Å². The van der Waals surface area contributed by atoms with Gasteiger partial charge in [0.25, 0.3) is 0 Å². The predicted octanol–water partition coefficient (Wildman–Crippen LogP) is 3.43. The van der Waals surface area contributed by atoms with Crippen molar-refractivity contribution in [2.75, 3.05) is 0 Å². The van der Waals surface area contributed by atoms with Crippen LogP contribution in [0.1, 0.15) is 45.2 Å². The number of rotatable bonds is 3. The molecule has 0 spiro atoms. The van der Waals surface area contributed by atoms with E-state index in [0.29, 0.717) is 6.04 Å². The highest BCUT2D eigenvalue weighted by atomic mass is 19.1. The molecule has 100 valence electrons. The molecule has 0 aromatic heterocycles. The molecular weight excluding hydrogens is 229 g/mol. The zero-order chi connectivity index (χ0) is 13.1. The molecule has 1 fully saturated rings. The number of nitrogens with one attached hydrogen (secondary N) is 1. The Morgan fingerprint density at radius 3 is 2.44 bits per heavy atom. The summed E-state index contributed by atoms with van der Waals surface area (Å²) in [6.07, 6.45) is 2.53. The molecule has 2 rings (SSSR count). The summed E-state index contributed by atoms with van der Waals surface area (Å²) in [6, 6.07) is 7.41. The van der Waals surface area contributed by atoms with Gasteiger partial charge in [-0.15, -0.1) is 0 Å². The lowest BCUT2D eigenvalue weighted by atomic mass is 9.97. The highest BCUT2D eigenvalue weighted by Crippen LogP contribution is 2.23. The third-order valence-electron chi connectivity index (χ3n) is 3.55.